The minimum atomic E-state index is -3.95. The Balaban J connectivity index is 0.00000261. The topological polar surface area (TPSA) is 87.3 Å². The van der Waals surface area contributed by atoms with E-state index in [1.165, 1.54) is 19.1 Å². The standard InChI is InChI=1S/C18H20FN3O3S.ClH/c1-12-10-13(19)6-7-17(12)26(24,25)22-16-5-3-2-4-15(16)18(23)21-14-8-9-20-11-14;/h2-7,10,14,20,22H,8-9,11H2,1H3,(H,21,23);1H. The molecule has 1 aliphatic heterocycles. The van der Waals surface area contributed by atoms with Gasteiger partial charge in [-0.3, -0.25) is 9.52 Å². The number of hydrogen-bond donors (Lipinski definition) is 3. The third kappa shape index (κ3) is 4.97. The van der Waals surface area contributed by atoms with Crippen LogP contribution in [0.1, 0.15) is 22.3 Å². The molecule has 6 nitrogen and oxygen atoms in total. The Morgan fingerprint density at radius 2 is 1.96 bits per heavy atom. The molecule has 0 aromatic heterocycles. The van der Waals surface area contributed by atoms with E-state index in [1.54, 1.807) is 18.2 Å². The number of carbonyl (C=O) groups excluding carboxylic acids is 1. The second-order valence-corrected chi connectivity index (χ2v) is 7.87. The van der Waals surface area contributed by atoms with E-state index in [1.807, 2.05) is 0 Å². The van der Waals surface area contributed by atoms with Gasteiger partial charge < -0.3 is 10.6 Å². The van der Waals surface area contributed by atoms with Crippen molar-refractivity contribution in [3.63, 3.8) is 0 Å². The predicted octanol–water partition coefficient (Wildman–Crippen LogP) is 2.45. The maximum absolute atomic E-state index is 13.3. The zero-order chi connectivity index (χ0) is 18.7. The zero-order valence-electron chi connectivity index (χ0n) is 14.7. The molecule has 27 heavy (non-hydrogen) atoms. The monoisotopic (exact) mass is 413 g/mol. The van der Waals surface area contributed by atoms with Crippen LogP contribution in [0.4, 0.5) is 10.1 Å². The molecule has 2 aromatic carbocycles. The van der Waals surface area contributed by atoms with Gasteiger partial charge in [-0.2, -0.15) is 0 Å². The lowest BCUT2D eigenvalue weighted by atomic mass is 10.1. The smallest absolute Gasteiger partial charge is 0.262 e. The molecular weight excluding hydrogens is 393 g/mol. The van der Waals surface area contributed by atoms with Gasteiger partial charge in [-0.05, 0) is 55.8 Å². The highest BCUT2D eigenvalue weighted by Gasteiger charge is 2.22. The van der Waals surface area contributed by atoms with Crippen LogP contribution in [-0.4, -0.2) is 33.5 Å². The summed E-state index contributed by atoms with van der Waals surface area (Å²) < 4.78 is 41.1. The molecule has 146 valence electrons. The molecule has 0 radical (unpaired) electrons. The van der Waals surface area contributed by atoms with Gasteiger partial charge in [-0.15, -0.1) is 12.4 Å². The first-order valence-corrected chi connectivity index (χ1v) is 9.75. The van der Waals surface area contributed by atoms with E-state index in [2.05, 4.69) is 15.4 Å². The highest BCUT2D eigenvalue weighted by molar-refractivity contribution is 7.92. The van der Waals surface area contributed by atoms with Crippen LogP contribution in [0.15, 0.2) is 47.4 Å². The highest BCUT2D eigenvalue weighted by Crippen LogP contribution is 2.23. The van der Waals surface area contributed by atoms with Crippen molar-refractivity contribution in [2.24, 2.45) is 0 Å². The van der Waals surface area contributed by atoms with Crippen LogP contribution >= 0.6 is 12.4 Å². The summed E-state index contributed by atoms with van der Waals surface area (Å²) in [5, 5.41) is 6.05. The van der Waals surface area contributed by atoms with Gasteiger partial charge in [-0.1, -0.05) is 12.1 Å². The van der Waals surface area contributed by atoms with Crippen LogP contribution in [-0.2, 0) is 10.0 Å². The molecule has 1 fully saturated rings. The van der Waals surface area contributed by atoms with E-state index in [0.29, 0.717) is 6.54 Å². The Labute approximate surface area is 164 Å². The summed E-state index contributed by atoms with van der Waals surface area (Å²) in [4.78, 5) is 12.5. The third-order valence-corrected chi connectivity index (χ3v) is 5.76. The number of para-hydroxylation sites is 1. The van der Waals surface area contributed by atoms with Crippen LogP contribution in [0.2, 0.25) is 0 Å². The fourth-order valence-electron chi connectivity index (χ4n) is 2.93. The Morgan fingerprint density at radius 3 is 2.63 bits per heavy atom. The first kappa shape index (κ1) is 21.1. The number of halogens is 2. The third-order valence-electron chi connectivity index (χ3n) is 4.24. The van der Waals surface area contributed by atoms with Crippen molar-refractivity contribution >= 4 is 34.0 Å². The van der Waals surface area contributed by atoms with Crippen LogP contribution in [0, 0.1) is 12.7 Å². The van der Waals surface area contributed by atoms with E-state index < -0.39 is 15.8 Å². The molecule has 3 N–H and O–H groups in total. The summed E-state index contributed by atoms with van der Waals surface area (Å²) >= 11 is 0. The SMILES string of the molecule is Cc1cc(F)ccc1S(=O)(=O)Nc1ccccc1C(=O)NC1CCNC1.Cl. The summed E-state index contributed by atoms with van der Waals surface area (Å²) in [5.74, 6) is -0.848. The van der Waals surface area contributed by atoms with E-state index in [4.69, 9.17) is 0 Å². The summed E-state index contributed by atoms with van der Waals surface area (Å²) in [6.07, 6.45) is 0.828. The van der Waals surface area contributed by atoms with Crippen molar-refractivity contribution in [3.05, 3.63) is 59.4 Å². The fourth-order valence-corrected chi connectivity index (χ4v) is 4.23. The van der Waals surface area contributed by atoms with Gasteiger partial charge in [0.05, 0.1) is 16.1 Å². The van der Waals surface area contributed by atoms with E-state index >= 15 is 0 Å². The molecule has 1 unspecified atom stereocenters. The van der Waals surface area contributed by atoms with Gasteiger partial charge in [0.25, 0.3) is 15.9 Å². The molecule has 0 saturated carbocycles. The second-order valence-electron chi connectivity index (χ2n) is 6.22. The number of rotatable bonds is 5. The lowest BCUT2D eigenvalue weighted by Gasteiger charge is -2.16. The van der Waals surface area contributed by atoms with Crippen LogP contribution in [0.5, 0.6) is 0 Å². The van der Waals surface area contributed by atoms with Crippen molar-refractivity contribution in [1.82, 2.24) is 10.6 Å². The molecule has 1 saturated heterocycles. The predicted molar refractivity (Wildman–Crippen MR) is 104 cm³/mol. The summed E-state index contributed by atoms with van der Waals surface area (Å²) in [6.45, 7) is 3.04. The molecule has 0 spiro atoms. The first-order valence-electron chi connectivity index (χ1n) is 8.26. The zero-order valence-corrected chi connectivity index (χ0v) is 16.3. The van der Waals surface area contributed by atoms with Gasteiger partial charge in [0.1, 0.15) is 5.82 Å². The highest BCUT2D eigenvalue weighted by atomic mass is 35.5. The van der Waals surface area contributed by atoms with Gasteiger partial charge in [0.2, 0.25) is 0 Å². The lowest BCUT2D eigenvalue weighted by molar-refractivity contribution is 0.0941. The van der Waals surface area contributed by atoms with Gasteiger partial charge >= 0.3 is 0 Å². The summed E-state index contributed by atoms with van der Waals surface area (Å²) in [5.41, 5.74) is 0.707. The second kappa shape index (κ2) is 8.69. The Morgan fingerprint density at radius 1 is 1.22 bits per heavy atom. The van der Waals surface area contributed by atoms with Crippen LogP contribution < -0.4 is 15.4 Å². The maximum atomic E-state index is 13.3. The van der Waals surface area contributed by atoms with Crippen LogP contribution in [0.25, 0.3) is 0 Å². The number of carbonyl (C=O) groups is 1. The molecule has 3 rings (SSSR count). The minimum Gasteiger partial charge on any atom is -0.348 e. The number of benzene rings is 2. The Hall–Kier alpha value is -2.16. The molecular formula is C18H21ClFN3O3S. The normalized spacial score (nSPS) is 16.4. The molecule has 1 amide bonds. The molecule has 1 heterocycles. The Bertz CT molecular complexity index is 931. The number of sulfonamides is 1. The average molecular weight is 414 g/mol. The number of anilines is 1. The average Bonchev–Trinajstić information content (AvgIpc) is 3.07. The molecule has 9 heteroatoms. The Kier molecular flexibility index (Phi) is 6.80. The lowest BCUT2D eigenvalue weighted by Crippen LogP contribution is -2.36. The van der Waals surface area contributed by atoms with Gasteiger partial charge in [0, 0.05) is 12.6 Å². The fraction of sp³-hybridized carbons (Fsp3) is 0.278. The largest absolute Gasteiger partial charge is 0.348 e. The van der Waals surface area contributed by atoms with Crippen molar-refractivity contribution < 1.29 is 17.6 Å². The van der Waals surface area contributed by atoms with Gasteiger partial charge in [-0.25, -0.2) is 12.8 Å². The molecule has 0 aliphatic carbocycles. The number of amides is 1. The van der Waals surface area contributed by atoms with E-state index in [0.717, 1.165) is 25.1 Å². The van der Waals surface area contributed by atoms with Crippen LogP contribution in [0.3, 0.4) is 0 Å². The molecule has 1 atom stereocenters. The molecule has 1 aliphatic rings. The van der Waals surface area contributed by atoms with Crippen molar-refractivity contribution in [3.8, 4) is 0 Å². The summed E-state index contributed by atoms with van der Waals surface area (Å²) in [6, 6.07) is 9.87. The number of hydrogen-bond acceptors (Lipinski definition) is 4. The number of nitrogens with one attached hydrogen (secondary N) is 3. The van der Waals surface area contributed by atoms with Crippen molar-refractivity contribution in [1.29, 1.82) is 0 Å². The first-order chi connectivity index (χ1) is 12.4. The minimum absolute atomic E-state index is 0. The van der Waals surface area contributed by atoms with Crippen molar-refractivity contribution in [2.45, 2.75) is 24.3 Å². The van der Waals surface area contributed by atoms with E-state index in [-0.39, 0.29) is 46.1 Å². The van der Waals surface area contributed by atoms with Crippen molar-refractivity contribution in [2.75, 3.05) is 17.8 Å². The summed E-state index contributed by atoms with van der Waals surface area (Å²) in [7, 11) is -3.95. The molecule has 0 bridgehead atoms. The molecule has 2 aromatic rings. The van der Waals surface area contributed by atoms with E-state index in [9.17, 15) is 17.6 Å². The van der Waals surface area contributed by atoms with Gasteiger partial charge in [0.15, 0.2) is 0 Å². The number of aryl methyl sites for hydroxylation is 1. The quantitative estimate of drug-likeness (QED) is 0.702. The maximum Gasteiger partial charge on any atom is 0.262 e.